The molecule has 1 aliphatic rings. The van der Waals surface area contributed by atoms with Crippen molar-refractivity contribution >= 4 is 28.9 Å². The fraction of sp³-hybridized carbons (Fsp3) is 0.125. The smallest absolute Gasteiger partial charge is 0.314 e. The second-order valence-electron chi connectivity index (χ2n) is 5.12. The number of carbonyl (C=O) groups excluding carboxylic acids is 2. The molecule has 1 heterocycles. The molecule has 2 amide bonds. The van der Waals surface area contributed by atoms with Gasteiger partial charge in [-0.25, -0.2) is 0 Å². The Hall–Kier alpha value is -3.82. The standard InChI is InChI=1S/C16H13N3O7/c1-24-13-7-10(19(22)23)3-4-11(13)18-16(21)15(20)17-9-2-5-12-14(6-9)26-8-25-12/h2-7H,8H2,1H3,(H,17,20)(H,18,21). The van der Waals surface area contributed by atoms with Gasteiger partial charge in [0.25, 0.3) is 5.69 Å². The Kier molecular flexibility index (Phi) is 4.56. The maximum absolute atomic E-state index is 12.1. The average Bonchev–Trinajstić information content (AvgIpc) is 3.09. The summed E-state index contributed by atoms with van der Waals surface area (Å²) in [6, 6.07) is 8.31. The molecule has 10 nitrogen and oxygen atoms in total. The van der Waals surface area contributed by atoms with Crippen molar-refractivity contribution < 1.29 is 28.7 Å². The van der Waals surface area contributed by atoms with Gasteiger partial charge in [0.2, 0.25) is 6.79 Å². The van der Waals surface area contributed by atoms with Gasteiger partial charge in [0.15, 0.2) is 11.5 Å². The predicted octanol–water partition coefficient (Wildman–Crippen LogP) is 1.91. The second-order valence-corrected chi connectivity index (χ2v) is 5.12. The van der Waals surface area contributed by atoms with E-state index in [1.54, 1.807) is 12.1 Å². The number of nitro groups is 1. The molecule has 0 fully saturated rings. The van der Waals surface area contributed by atoms with Gasteiger partial charge < -0.3 is 24.8 Å². The number of nitrogens with zero attached hydrogens (tertiary/aromatic N) is 1. The topological polar surface area (TPSA) is 129 Å². The maximum Gasteiger partial charge on any atom is 0.314 e. The zero-order valence-corrected chi connectivity index (χ0v) is 13.5. The van der Waals surface area contributed by atoms with Gasteiger partial charge in [-0.1, -0.05) is 0 Å². The van der Waals surface area contributed by atoms with Crippen molar-refractivity contribution in [2.75, 3.05) is 24.5 Å². The number of fused-ring (bicyclic) bond motifs is 1. The molecule has 2 aromatic rings. The minimum Gasteiger partial charge on any atom is -0.494 e. The van der Waals surface area contributed by atoms with Crippen molar-refractivity contribution in [2.45, 2.75) is 0 Å². The lowest BCUT2D eigenvalue weighted by atomic mass is 10.2. The molecular formula is C16H13N3O7. The SMILES string of the molecule is COc1cc([N+](=O)[O-])ccc1NC(=O)C(=O)Nc1ccc2c(c1)OCO2. The number of carbonyl (C=O) groups is 2. The Bertz CT molecular complexity index is 897. The first-order valence-corrected chi connectivity index (χ1v) is 7.32. The van der Waals surface area contributed by atoms with Gasteiger partial charge in [-0.2, -0.15) is 0 Å². The summed E-state index contributed by atoms with van der Waals surface area (Å²) in [6.07, 6.45) is 0. The number of hydrogen-bond donors (Lipinski definition) is 2. The summed E-state index contributed by atoms with van der Waals surface area (Å²) in [5.41, 5.74) is 0.277. The van der Waals surface area contributed by atoms with Gasteiger partial charge in [0.05, 0.1) is 23.8 Å². The molecule has 2 N–H and O–H groups in total. The largest absolute Gasteiger partial charge is 0.494 e. The van der Waals surface area contributed by atoms with E-state index in [0.717, 1.165) is 6.07 Å². The molecule has 1 aliphatic heterocycles. The molecule has 3 rings (SSSR count). The van der Waals surface area contributed by atoms with Crippen molar-refractivity contribution in [2.24, 2.45) is 0 Å². The van der Waals surface area contributed by atoms with Crippen LogP contribution in [0.4, 0.5) is 17.1 Å². The molecule has 134 valence electrons. The van der Waals surface area contributed by atoms with Crippen LogP contribution in [0.2, 0.25) is 0 Å². The summed E-state index contributed by atoms with van der Waals surface area (Å²) >= 11 is 0. The minimum atomic E-state index is -0.963. The third kappa shape index (κ3) is 3.48. The zero-order valence-electron chi connectivity index (χ0n) is 13.5. The van der Waals surface area contributed by atoms with E-state index < -0.39 is 16.7 Å². The van der Waals surface area contributed by atoms with Crippen LogP contribution in [-0.4, -0.2) is 30.6 Å². The molecule has 26 heavy (non-hydrogen) atoms. The van der Waals surface area contributed by atoms with Crippen LogP contribution in [0.5, 0.6) is 17.2 Å². The van der Waals surface area contributed by atoms with E-state index >= 15 is 0 Å². The Morgan fingerprint density at radius 2 is 1.81 bits per heavy atom. The first kappa shape index (κ1) is 17.0. The molecule has 0 radical (unpaired) electrons. The molecule has 0 unspecified atom stereocenters. The third-order valence-electron chi connectivity index (χ3n) is 3.48. The zero-order chi connectivity index (χ0) is 18.7. The Morgan fingerprint density at radius 3 is 2.54 bits per heavy atom. The first-order valence-electron chi connectivity index (χ1n) is 7.32. The number of non-ortho nitro benzene ring substituents is 1. The molecule has 0 saturated heterocycles. The molecule has 0 spiro atoms. The number of amides is 2. The summed E-state index contributed by atoms with van der Waals surface area (Å²) in [4.78, 5) is 34.3. The summed E-state index contributed by atoms with van der Waals surface area (Å²) in [5, 5.41) is 15.5. The second kappa shape index (κ2) is 6.97. The van der Waals surface area contributed by atoms with E-state index in [4.69, 9.17) is 14.2 Å². The number of nitro benzene ring substituents is 1. The van der Waals surface area contributed by atoms with Gasteiger partial charge >= 0.3 is 11.8 Å². The van der Waals surface area contributed by atoms with E-state index in [0.29, 0.717) is 17.2 Å². The number of rotatable bonds is 4. The normalized spacial score (nSPS) is 11.6. The van der Waals surface area contributed by atoms with Crippen molar-refractivity contribution in [1.29, 1.82) is 0 Å². The van der Waals surface area contributed by atoms with Gasteiger partial charge in [-0.15, -0.1) is 0 Å². The monoisotopic (exact) mass is 359 g/mol. The van der Waals surface area contributed by atoms with E-state index in [2.05, 4.69) is 10.6 Å². The van der Waals surface area contributed by atoms with E-state index in [1.165, 1.54) is 25.3 Å². The molecule has 0 aliphatic carbocycles. The highest BCUT2D eigenvalue weighted by molar-refractivity contribution is 6.43. The predicted molar refractivity (Wildman–Crippen MR) is 89.5 cm³/mol. The fourth-order valence-electron chi connectivity index (χ4n) is 2.24. The molecule has 2 aromatic carbocycles. The van der Waals surface area contributed by atoms with E-state index in [-0.39, 0.29) is 23.9 Å². The third-order valence-corrected chi connectivity index (χ3v) is 3.48. The van der Waals surface area contributed by atoms with E-state index in [9.17, 15) is 19.7 Å². The fourth-order valence-corrected chi connectivity index (χ4v) is 2.24. The Labute approximate surface area is 146 Å². The summed E-state index contributed by atoms with van der Waals surface area (Å²) in [7, 11) is 1.29. The van der Waals surface area contributed by atoms with Crippen molar-refractivity contribution in [3.63, 3.8) is 0 Å². The van der Waals surface area contributed by atoms with Crippen LogP contribution in [0.3, 0.4) is 0 Å². The summed E-state index contributed by atoms with van der Waals surface area (Å²) in [5.74, 6) is -0.828. The minimum absolute atomic E-state index is 0.0587. The lowest BCUT2D eigenvalue weighted by molar-refractivity contribution is -0.384. The first-order chi connectivity index (χ1) is 12.5. The molecule has 0 atom stereocenters. The molecule has 10 heteroatoms. The van der Waals surface area contributed by atoms with Crippen LogP contribution in [0.25, 0.3) is 0 Å². The van der Waals surface area contributed by atoms with Crippen LogP contribution in [0.1, 0.15) is 0 Å². The highest BCUT2D eigenvalue weighted by Crippen LogP contribution is 2.34. The number of nitrogens with one attached hydrogen (secondary N) is 2. The van der Waals surface area contributed by atoms with E-state index in [1.807, 2.05) is 0 Å². The molecule has 0 saturated carbocycles. The van der Waals surface area contributed by atoms with Crippen LogP contribution in [0, 0.1) is 10.1 Å². The van der Waals surface area contributed by atoms with Crippen LogP contribution < -0.4 is 24.8 Å². The van der Waals surface area contributed by atoms with Crippen LogP contribution in [0.15, 0.2) is 36.4 Å². The Morgan fingerprint density at radius 1 is 1.08 bits per heavy atom. The summed E-state index contributed by atoms with van der Waals surface area (Å²) < 4.78 is 15.4. The number of anilines is 2. The van der Waals surface area contributed by atoms with Crippen LogP contribution >= 0.6 is 0 Å². The summed E-state index contributed by atoms with van der Waals surface area (Å²) in [6.45, 7) is 0.0904. The van der Waals surface area contributed by atoms with Crippen molar-refractivity contribution in [3.05, 3.63) is 46.5 Å². The highest BCUT2D eigenvalue weighted by Gasteiger charge is 2.20. The average molecular weight is 359 g/mol. The number of methoxy groups -OCH3 is 1. The quantitative estimate of drug-likeness (QED) is 0.484. The highest BCUT2D eigenvalue weighted by atomic mass is 16.7. The molecule has 0 bridgehead atoms. The van der Waals surface area contributed by atoms with Crippen molar-refractivity contribution in [1.82, 2.24) is 0 Å². The number of ether oxygens (including phenoxy) is 3. The number of hydrogen-bond acceptors (Lipinski definition) is 7. The molecule has 0 aromatic heterocycles. The lowest BCUT2D eigenvalue weighted by Gasteiger charge is -2.10. The Balaban J connectivity index is 1.69. The maximum atomic E-state index is 12.1. The van der Waals surface area contributed by atoms with Gasteiger partial charge in [0.1, 0.15) is 5.75 Å². The number of benzene rings is 2. The van der Waals surface area contributed by atoms with Gasteiger partial charge in [-0.3, -0.25) is 19.7 Å². The van der Waals surface area contributed by atoms with Gasteiger partial charge in [-0.05, 0) is 18.2 Å². The van der Waals surface area contributed by atoms with Crippen LogP contribution in [-0.2, 0) is 9.59 Å². The molecular weight excluding hydrogens is 346 g/mol. The van der Waals surface area contributed by atoms with Gasteiger partial charge in [0, 0.05) is 17.8 Å². The van der Waals surface area contributed by atoms with Crippen molar-refractivity contribution in [3.8, 4) is 17.2 Å². The lowest BCUT2D eigenvalue weighted by Crippen LogP contribution is -2.29.